The second kappa shape index (κ2) is 15.3. The summed E-state index contributed by atoms with van der Waals surface area (Å²) < 4.78 is 0. The Balaban J connectivity index is 0.000000281. The summed E-state index contributed by atoms with van der Waals surface area (Å²) in [5, 5.41) is 2.66. The zero-order valence-electron chi connectivity index (χ0n) is 11.7. The standard InChI is InChI=1S/C9H7.C5H5.C2H6Si.2ClH.Zr/c1-2-5-9-7-3-6-8(9)4-1;1-2-4-5-3-1;1-3-2;;;/h1-7H;1-5H;1-2H3;2*1H;/q2*-1;;;;+4/p-2. The third-order valence-electron chi connectivity index (χ3n) is 2.10. The monoisotopic (exact) mass is 398 g/mol. The van der Waals surface area contributed by atoms with Crippen LogP contribution in [0.4, 0.5) is 0 Å². The fourth-order valence-corrected chi connectivity index (χ4v) is 1.39. The molecule has 0 N–H and O–H groups in total. The molecule has 0 nitrogen and oxygen atoms in total. The van der Waals surface area contributed by atoms with Crippen molar-refractivity contribution in [3.63, 3.8) is 0 Å². The normalized spacial score (nSPS) is 8.00. The molecular formula is C16H18Cl2SiZr. The van der Waals surface area contributed by atoms with Crippen molar-refractivity contribution in [1.29, 1.82) is 0 Å². The van der Waals surface area contributed by atoms with Crippen LogP contribution in [0.5, 0.6) is 0 Å². The number of hydrogen-bond donors (Lipinski definition) is 0. The van der Waals surface area contributed by atoms with Crippen LogP contribution in [0.15, 0.2) is 72.8 Å². The van der Waals surface area contributed by atoms with E-state index in [1.807, 2.05) is 30.3 Å². The Morgan fingerprint density at radius 1 is 0.900 bits per heavy atom. The Hall–Kier alpha value is -0.140. The third kappa shape index (κ3) is 10.6. The van der Waals surface area contributed by atoms with Gasteiger partial charge in [-0.05, 0) is 0 Å². The molecule has 0 spiro atoms. The Morgan fingerprint density at radius 3 is 1.90 bits per heavy atom. The van der Waals surface area contributed by atoms with E-state index in [1.165, 1.54) is 10.8 Å². The van der Waals surface area contributed by atoms with E-state index in [0.29, 0.717) is 0 Å². The minimum atomic E-state index is -0.826. The molecule has 3 aromatic carbocycles. The first kappa shape index (κ1) is 19.9. The zero-order chi connectivity index (χ0) is 15.1. The molecule has 20 heavy (non-hydrogen) atoms. The smallest absolute Gasteiger partial charge is 0.0809 e. The largest absolute Gasteiger partial charge is 0.214 e. The molecule has 3 aromatic rings. The maximum Gasteiger partial charge on any atom is -0.0809 e. The van der Waals surface area contributed by atoms with Crippen molar-refractivity contribution in [3.8, 4) is 0 Å². The van der Waals surface area contributed by atoms with E-state index in [9.17, 15) is 0 Å². The van der Waals surface area contributed by atoms with Gasteiger partial charge in [0.25, 0.3) is 0 Å². The van der Waals surface area contributed by atoms with Crippen molar-refractivity contribution < 1.29 is 20.8 Å². The van der Waals surface area contributed by atoms with Gasteiger partial charge in [-0.15, -0.1) is 29.7 Å². The summed E-state index contributed by atoms with van der Waals surface area (Å²) in [6, 6.07) is 24.7. The number of rotatable bonds is 0. The van der Waals surface area contributed by atoms with Gasteiger partial charge in [-0.3, -0.25) is 0 Å². The molecule has 0 saturated carbocycles. The van der Waals surface area contributed by atoms with Crippen LogP contribution < -0.4 is 0 Å². The molecule has 2 radical (unpaired) electrons. The quantitative estimate of drug-likeness (QED) is 0.315. The maximum atomic E-state index is 4.93. The van der Waals surface area contributed by atoms with E-state index in [2.05, 4.69) is 55.6 Å². The zero-order valence-corrected chi connectivity index (χ0v) is 16.7. The van der Waals surface area contributed by atoms with Crippen LogP contribution in [0.3, 0.4) is 0 Å². The van der Waals surface area contributed by atoms with Gasteiger partial charge in [0.1, 0.15) is 0 Å². The first-order valence-electron chi connectivity index (χ1n) is 6.12. The Bertz CT molecular complexity index is 456. The van der Waals surface area contributed by atoms with Crippen molar-refractivity contribution in [1.82, 2.24) is 0 Å². The molecule has 0 fully saturated rings. The van der Waals surface area contributed by atoms with Crippen molar-refractivity contribution in [2.24, 2.45) is 0 Å². The van der Waals surface area contributed by atoms with E-state index in [1.54, 1.807) is 0 Å². The predicted octanol–water partition coefficient (Wildman–Crippen LogP) is 6.13. The van der Waals surface area contributed by atoms with Crippen molar-refractivity contribution in [2.45, 2.75) is 13.1 Å². The Kier molecular flexibility index (Phi) is 15.1. The number of benzene rings is 1. The van der Waals surface area contributed by atoms with Crippen LogP contribution in [0, 0.1) is 0 Å². The van der Waals surface area contributed by atoms with Gasteiger partial charge in [-0.1, -0.05) is 19.2 Å². The van der Waals surface area contributed by atoms with Crippen LogP contribution in [0.25, 0.3) is 10.8 Å². The average molecular weight is 401 g/mol. The molecule has 0 aromatic heterocycles. The van der Waals surface area contributed by atoms with E-state index in [-0.39, 0.29) is 0 Å². The van der Waals surface area contributed by atoms with Gasteiger partial charge in [0.2, 0.25) is 0 Å². The van der Waals surface area contributed by atoms with Crippen molar-refractivity contribution in [2.75, 3.05) is 0 Å². The second-order valence-corrected chi connectivity index (χ2v) is 8.42. The molecule has 0 aliphatic rings. The number of halogens is 2. The molecule has 0 saturated heterocycles. The van der Waals surface area contributed by atoms with E-state index >= 15 is 0 Å². The molecule has 0 atom stereocenters. The van der Waals surface area contributed by atoms with E-state index in [0.717, 1.165) is 9.52 Å². The van der Waals surface area contributed by atoms with Gasteiger partial charge in [-0.25, -0.2) is 12.1 Å². The molecule has 0 bridgehead atoms. The molecule has 104 valence electrons. The summed E-state index contributed by atoms with van der Waals surface area (Å²) in [6.45, 7) is 4.31. The Labute approximate surface area is 143 Å². The first-order valence-corrected chi connectivity index (χ1v) is 14.4. The first-order chi connectivity index (χ1) is 9.79. The van der Waals surface area contributed by atoms with Gasteiger partial charge in [0.05, 0.1) is 0 Å². The molecule has 0 unspecified atom stereocenters. The molecule has 0 amide bonds. The van der Waals surface area contributed by atoms with Gasteiger partial charge in [-0.2, -0.15) is 35.7 Å². The number of fused-ring (bicyclic) bond motifs is 1. The molecule has 0 aliphatic carbocycles. The van der Waals surface area contributed by atoms with E-state index in [4.69, 9.17) is 17.0 Å². The minimum absolute atomic E-state index is 0.826. The number of hydrogen-bond acceptors (Lipinski definition) is 0. The Morgan fingerprint density at radius 2 is 1.45 bits per heavy atom. The predicted molar refractivity (Wildman–Crippen MR) is 90.8 cm³/mol. The maximum absolute atomic E-state index is 4.93. The van der Waals surface area contributed by atoms with Crippen LogP contribution >= 0.6 is 17.0 Å². The van der Waals surface area contributed by atoms with E-state index < -0.39 is 20.8 Å². The molecule has 4 heteroatoms. The third-order valence-corrected chi connectivity index (χ3v) is 2.10. The SMILES string of the molecule is C[Si]C.[Cl][Zr+2][Cl].c1cc[cH-]c1.c1ccc2[cH-]ccc2c1. The van der Waals surface area contributed by atoms with Crippen molar-refractivity contribution >= 4 is 37.3 Å². The van der Waals surface area contributed by atoms with Crippen LogP contribution in [0.1, 0.15) is 0 Å². The molecular weight excluding hydrogens is 382 g/mol. The van der Waals surface area contributed by atoms with Gasteiger partial charge < -0.3 is 0 Å². The summed E-state index contributed by atoms with van der Waals surface area (Å²) in [5.41, 5.74) is 0. The summed E-state index contributed by atoms with van der Waals surface area (Å²) in [4.78, 5) is 0. The minimum Gasteiger partial charge on any atom is -0.214 e. The van der Waals surface area contributed by atoms with Crippen LogP contribution in [-0.4, -0.2) is 9.52 Å². The summed E-state index contributed by atoms with van der Waals surface area (Å²) >= 11 is -0.826. The molecule has 0 heterocycles. The van der Waals surface area contributed by atoms with Crippen molar-refractivity contribution in [3.05, 3.63) is 72.8 Å². The summed E-state index contributed by atoms with van der Waals surface area (Å²) in [6.07, 6.45) is 0. The molecule has 0 aliphatic heterocycles. The second-order valence-electron chi connectivity index (χ2n) is 3.69. The fraction of sp³-hybridized carbons (Fsp3) is 0.125. The average Bonchev–Trinajstić information content (AvgIpc) is 3.15. The van der Waals surface area contributed by atoms with Gasteiger partial charge >= 0.3 is 37.9 Å². The van der Waals surface area contributed by atoms with Crippen LogP contribution in [0.2, 0.25) is 13.1 Å². The van der Waals surface area contributed by atoms with Gasteiger partial charge in [0, 0.05) is 9.52 Å². The summed E-state index contributed by atoms with van der Waals surface area (Å²) in [7, 11) is 11.0. The fourth-order valence-electron chi connectivity index (χ4n) is 1.39. The summed E-state index contributed by atoms with van der Waals surface area (Å²) in [5.74, 6) is 0. The topological polar surface area (TPSA) is 0 Å². The van der Waals surface area contributed by atoms with Crippen LogP contribution in [-0.2, 0) is 20.8 Å². The van der Waals surface area contributed by atoms with Gasteiger partial charge in [0.15, 0.2) is 0 Å². The molecule has 3 rings (SSSR count).